The van der Waals surface area contributed by atoms with Crippen LogP contribution in [0, 0.1) is 13.8 Å². The van der Waals surface area contributed by atoms with Crippen molar-refractivity contribution in [2.24, 2.45) is 0 Å². The number of benzene rings is 1. The van der Waals surface area contributed by atoms with Crippen molar-refractivity contribution >= 4 is 44.2 Å². The van der Waals surface area contributed by atoms with Gasteiger partial charge in [0, 0.05) is 17.4 Å². The minimum absolute atomic E-state index is 0.0570. The standard InChI is InChI=1S/C25H29N5O2S2/c1-15(14-32-4)30-24(31)18-9-5-6-10-19(18)26-25(30)34-23-21-16(2)17(3)33-22(21)27-20(28-23)13-29-11-7-8-12-29/h5-6,9-10,15H,7-8,11-14H2,1-4H3/t15-/m0/s1. The maximum Gasteiger partial charge on any atom is 0.262 e. The average Bonchev–Trinajstić information content (AvgIpc) is 3.41. The van der Waals surface area contributed by atoms with Crippen LogP contribution in [0.3, 0.4) is 0 Å². The lowest BCUT2D eigenvalue weighted by atomic mass is 10.2. The molecule has 4 aromatic rings. The number of hydrogen-bond acceptors (Lipinski definition) is 8. The van der Waals surface area contributed by atoms with E-state index in [0.717, 1.165) is 40.7 Å². The number of fused-ring (bicyclic) bond motifs is 2. The number of ether oxygens (including phenoxy) is 1. The van der Waals surface area contributed by atoms with Crippen molar-refractivity contribution in [1.29, 1.82) is 0 Å². The van der Waals surface area contributed by atoms with Crippen molar-refractivity contribution < 1.29 is 4.74 Å². The Morgan fingerprint density at radius 2 is 1.91 bits per heavy atom. The Hall–Kier alpha value is -2.33. The highest BCUT2D eigenvalue weighted by atomic mass is 32.2. The molecule has 0 bridgehead atoms. The van der Waals surface area contributed by atoms with E-state index in [9.17, 15) is 4.79 Å². The van der Waals surface area contributed by atoms with Gasteiger partial charge in [-0.1, -0.05) is 12.1 Å². The smallest absolute Gasteiger partial charge is 0.262 e. The van der Waals surface area contributed by atoms with E-state index in [-0.39, 0.29) is 11.6 Å². The monoisotopic (exact) mass is 495 g/mol. The van der Waals surface area contributed by atoms with Gasteiger partial charge in [0.2, 0.25) is 0 Å². The van der Waals surface area contributed by atoms with Gasteiger partial charge in [-0.25, -0.2) is 15.0 Å². The lowest BCUT2D eigenvalue weighted by molar-refractivity contribution is 0.156. The van der Waals surface area contributed by atoms with Gasteiger partial charge in [0.25, 0.3) is 5.56 Å². The number of hydrogen-bond donors (Lipinski definition) is 0. The number of likely N-dealkylation sites (tertiary alicyclic amines) is 1. The molecule has 0 aliphatic carbocycles. The van der Waals surface area contributed by atoms with E-state index in [0.29, 0.717) is 22.7 Å². The van der Waals surface area contributed by atoms with Crippen molar-refractivity contribution in [3.8, 4) is 0 Å². The summed E-state index contributed by atoms with van der Waals surface area (Å²) >= 11 is 3.17. The van der Waals surface area contributed by atoms with Gasteiger partial charge < -0.3 is 4.74 Å². The Labute approximate surface area is 207 Å². The molecule has 7 nitrogen and oxygen atoms in total. The molecular formula is C25H29N5O2S2. The number of para-hydroxylation sites is 1. The van der Waals surface area contributed by atoms with Crippen LogP contribution in [0.2, 0.25) is 0 Å². The molecule has 0 unspecified atom stereocenters. The number of rotatable bonds is 7. The first kappa shape index (κ1) is 23.4. The molecule has 5 rings (SSSR count). The molecular weight excluding hydrogens is 466 g/mol. The summed E-state index contributed by atoms with van der Waals surface area (Å²) in [5.41, 5.74) is 1.82. The largest absolute Gasteiger partial charge is 0.383 e. The maximum atomic E-state index is 13.5. The first-order chi connectivity index (χ1) is 16.5. The summed E-state index contributed by atoms with van der Waals surface area (Å²) in [6.45, 7) is 9.58. The highest BCUT2D eigenvalue weighted by Crippen LogP contribution is 2.38. The van der Waals surface area contributed by atoms with E-state index in [1.165, 1.54) is 35.0 Å². The van der Waals surface area contributed by atoms with Crippen LogP contribution in [0.4, 0.5) is 0 Å². The summed E-state index contributed by atoms with van der Waals surface area (Å²) < 4.78 is 7.14. The maximum absolute atomic E-state index is 13.5. The fourth-order valence-electron chi connectivity index (χ4n) is 4.53. The minimum atomic E-state index is -0.163. The molecule has 0 amide bonds. The molecule has 9 heteroatoms. The van der Waals surface area contributed by atoms with Crippen LogP contribution >= 0.6 is 23.1 Å². The Morgan fingerprint density at radius 1 is 1.15 bits per heavy atom. The molecule has 1 aromatic carbocycles. The van der Waals surface area contributed by atoms with E-state index in [1.54, 1.807) is 23.0 Å². The molecule has 1 saturated heterocycles. The molecule has 0 N–H and O–H groups in total. The first-order valence-electron chi connectivity index (χ1n) is 11.6. The van der Waals surface area contributed by atoms with Gasteiger partial charge in [-0.2, -0.15) is 0 Å². The van der Waals surface area contributed by atoms with E-state index in [1.807, 2.05) is 31.2 Å². The molecule has 1 fully saturated rings. The van der Waals surface area contributed by atoms with Crippen LogP contribution in [0.5, 0.6) is 0 Å². The zero-order valence-electron chi connectivity index (χ0n) is 20.0. The van der Waals surface area contributed by atoms with E-state index in [4.69, 9.17) is 19.7 Å². The second-order valence-electron chi connectivity index (χ2n) is 8.88. The van der Waals surface area contributed by atoms with Gasteiger partial charge in [-0.05, 0) is 76.2 Å². The fraction of sp³-hybridized carbons (Fsp3) is 0.440. The minimum Gasteiger partial charge on any atom is -0.383 e. The van der Waals surface area contributed by atoms with Crippen molar-refractivity contribution in [3.05, 3.63) is 50.9 Å². The summed E-state index contributed by atoms with van der Waals surface area (Å²) in [7, 11) is 1.65. The summed E-state index contributed by atoms with van der Waals surface area (Å²) in [4.78, 5) is 33.0. The van der Waals surface area contributed by atoms with Crippen LogP contribution in [0.1, 0.15) is 42.1 Å². The average molecular weight is 496 g/mol. The van der Waals surface area contributed by atoms with Crippen molar-refractivity contribution in [3.63, 3.8) is 0 Å². The molecule has 3 aromatic heterocycles. The van der Waals surface area contributed by atoms with Gasteiger partial charge in [0.1, 0.15) is 15.7 Å². The highest BCUT2D eigenvalue weighted by Gasteiger charge is 2.22. The molecule has 0 spiro atoms. The Morgan fingerprint density at radius 3 is 2.68 bits per heavy atom. The number of thiophene rings is 1. The molecule has 34 heavy (non-hydrogen) atoms. The summed E-state index contributed by atoms with van der Waals surface area (Å²) in [5, 5.41) is 3.16. The third-order valence-corrected chi connectivity index (χ3v) is 8.48. The van der Waals surface area contributed by atoms with Crippen molar-refractivity contribution in [2.45, 2.75) is 56.4 Å². The summed E-state index contributed by atoms with van der Waals surface area (Å²) in [5.74, 6) is 0.831. The molecule has 0 radical (unpaired) electrons. The molecule has 0 saturated carbocycles. The van der Waals surface area contributed by atoms with E-state index < -0.39 is 0 Å². The van der Waals surface area contributed by atoms with Gasteiger partial charge >= 0.3 is 0 Å². The van der Waals surface area contributed by atoms with Crippen molar-refractivity contribution in [2.75, 3.05) is 26.8 Å². The second kappa shape index (κ2) is 9.73. The Bertz CT molecular complexity index is 1410. The summed E-state index contributed by atoms with van der Waals surface area (Å²) in [6.07, 6.45) is 2.46. The van der Waals surface area contributed by atoms with Crippen LogP contribution in [0.15, 0.2) is 39.2 Å². The SMILES string of the molecule is COC[C@H](C)n1c(Sc2nc(CN3CCCC3)nc3sc(C)c(C)c23)nc2ccccc2c1=O. The van der Waals surface area contributed by atoms with Gasteiger partial charge in [-0.3, -0.25) is 14.3 Å². The first-order valence-corrected chi connectivity index (χ1v) is 13.3. The lowest BCUT2D eigenvalue weighted by Crippen LogP contribution is -2.28. The molecule has 1 aliphatic heterocycles. The normalized spacial score (nSPS) is 15.5. The number of nitrogens with zero attached hydrogens (tertiary/aromatic N) is 5. The van der Waals surface area contributed by atoms with Crippen molar-refractivity contribution in [1.82, 2.24) is 24.4 Å². The third kappa shape index (κ3) is 4.37. The number of aromatic nitrogens is 4. The highest BCUT2D eigenvalue weighted by molar-refractivity contribution is 7.99. The molecule has 178 valence electrons. The quantitative estimate of drug-likeness (QED) is 0.265. The molecule has 4 heterocycles. The van der Waals surface area contributed by atoms with Crippen LogP contribution in [-0.4, -0.2) is 51.2 Å². The topological polar surface area (TPSA) is 73.1 Å². The Kier molecular flexibility index (Phi) is 6.70. The van der Waals surface area contributed by atoms with Crippen LogP contribution < -0.4 is 5.56 Å². The van der Waals surface area contributed by atoms with Gasteiger partial charge in [0.05, 0.1) is 30.1 Å². The lowest BCUT2D eigenvalue weighted by Gasteiger charge is -2.19. The predicted octanol–water partition coefficient (Wildman–Crippen LogP) is 4.97. The Balaban J connectivity index is 1.66. The fourth-order valence-corrected chi connectivity index (χ4v) is 6.82. The van der Waals surface area contributed by atoms with E-state index in [2.05, 4.69) is 18.7 Å². The van der Waals surface area contributed by atoms with Gasteiger partial charge in [0.15, 0.2) is 5.16 Å². The number of methoxy groups -OCH3 is 1. The predicted molar refractivity (Wildman–Crippen MR) is 138 cm³/mol. The molecule has 1 aliphatic rings. The zero-order chi connectivity index (χ0) is 23.8. The van der Waals surface area contributed by atoms with E-state index >= 15 is 0 Å². The summed E-state index contributed by atoms with van der Waals surface area (Å²) in [6, 6.07) is 7.35. The van der Waals surface area contributed by atoms with Crippen LogP contribution in [0.25, 0.3) is 21.1 Å². The zero-order valence-corrected chi connectivity index (χ0v) is 21.6. The number of aryl methyl sites for hydroxylation is 2. The second-order valence-corrected chi connectivity index (χ2v) is 11.0. The van der Waals surface area contributed by atoms with Gasteiger partial charge in [-0.15, -0.1) is 11.3 Å². The van der Waals surface area contributed by atoms with Crippen LogP contribution in [-0.2, 0) is 11.3 Å². The third-order valence-electron chi connectivity index (χ3n) is 6.42. The molecule has 1 atom stereocenters.